The van der Waals surface area contributed by atoms with Crippen LogP contribution >= 0.6 is 0 Å². The molecule has 19 heavy (non-hydrogen) atoms. The van der Waals surface area contributed by atoms with E-state index in [2.05, 4.69) is 43.3 Å². The normalized spacial score (nSPS) is 14.4. The van der Waals surface area contributed by atoms with Gasteiger partial charge in [0.15, 0.2) is 0 Å². The summed E-state index contributed by atoms with van der Waals surface area (Å²) in [7, 11) is 0. The van der Waals surface area contributed by atoms with E-state index in [9.17, 15) is 4.79 Å². The molecule has 0 N–H and O–H groups in total. The molecule has 1 saturated heterocycles. The molecule has 0 atom stereocenters. The zero-order valence-corrected chi connectivity index (χ0v) is 11.1. The largest absolute Gasteiger partial charge is 0.312 e. The van der Waals surface area contributed by atoms with Crippen LogP contribution in [0.15, 0.2) is 48.5 Å². The van der Waals surface area contributed by atoms with Gasteiger partial charge >= 0.3 is 0 Å². The fourth-order valence-electron chi connectivity index (χ4n) is 2.39. The molecule has 3 rings (SSSR count). The second-order valence-corrected chi connectivity index (χ2v) is 4.90. The topological polar surface area (TPSA) is 20.3 Å². The van der Waals surface area contributed by atoms with Crippen molar-refractivity contribution in [3.63, 3.8) is 0 Å². The van der Waals surface area contributed by atoms with E-state index in [4.69, 9.17) is 0 Å². The molecular formula is C17H17NO. The summed E-state index contributed by atoms with van der Waals surface area (Å²) in [6.45, 7) is 3.02. The number of nitrogens with zero attached hydrogens (tertiary/aromatic N) is 1. The minimum absolute atomic E-state index is 0.223. The molecule has 2 nitrogen and oxygen atoms in total. The number of carbonyl (C=O) groups is 1. The van der Waals surface area contributed by atoms with Crippen LogP contribution < -0.4 is 4.90 Å². The van der Waals surface area contributed by atoms with Crippen molar-refractivity contribution in [3.05, 3.63) is 54.1 Å². The van der Waals surface area contributed by atoms with Crippen molar-refractivity contribution in [2.45, 2.75) is 19.8 Å². The highest BCUT2D eigenvalue weighted by molar-refractivity contribution is 5.99. The quantitative estimate of drug-likeness (QED) is 0.762. The molecule has 0 aliphatic carbocycles. The number of aryl methyl sites for hydroxylation is 1. The van der Waals surface area contributed by atoms with E-state index in [1.807, 2.05) is 17.0 Å². The van der Waals surface area contributed by atoms with E-state index in [0.717, 1.165) is 18.7 Å². The second kappa shape index (κ2) is 4.88. The van der Waals surface area contributed by atoms with Crippen molar-refractivity contribution in [1.82, 2.24) is 0 Å². The number of benzene rings is 2. The van der Waals surface area contributed by atoms with Gasteiger partial charge in [-0.05, 0) is 35.2 Å². The van der Waals surface area contributed by atoms with Crippen LogP contribution in [-0.2, 0) is 11.2 Å². The average Bonchev–Trinajstić information content (AvgIpc) is 2.46. The molecular weight excluding hydrogens is 234 g/mol. The highest BCUT2D eigenvalue weighted by Gasteiger charge is 2.24. The summed E-state index contributed by atoms with van der Waals surface area (Å²) < 4.78 is 0. The van der Waals surface area contributed by atoms with Gasteiger partial charge in [-0.25, -0.2) is 0 Å². The number of hydrogen-bond donors (Lipinski definition) is 0. The third-order valence-corrected chi connectivity index (χ3v) is 3.70. The summed E-state index contributed by atoms with van der Waals surface area (Å²) in [5.41, 5.74) is 4.79. The summed E-state index contributed by atoms with van der Waals surface area (Å²) in [4.78, 5) is 13.2. The number of anilines is 1. The molecule has 0 bridgehead atoms. The van der Waals surface area contributed by atoms with Gasteiger partial charge in [-0.1, -0.05) is 43.3 Å². The van der Waals surface area contributed by atoms with E-state index in [-0.39, 0.29) is 5.91 Å². The van der Waals surface area contributed by atoms with Crippen LogP contribution in [0.25, 0.3) is 11.1 Å². The Morgan fingerprint density at radius 3 is 2.42 bits per heavy atom. The monoisotopic (exact) mass is 251 g/mol. The van der Waals surface area contributed by atoms with Crippen LogP contribution in [0.2, 0.25) is 0 Å². The Morgan fingerprint density at radius 2 is 1.84 bits per heavy atom. The lowest BCUT2D eigenvalue weighted by atomic mass is 10.0. The number of hydrogen-bond acceptors (Lipinski definition) is 1. The predicted octanol–water partition coefficient (Wildman–Crippen LogP) is 3.65. The number of β-lactam (4-membered cyclic amide) rings is 1. The maximum Gasteiger partial charge on any atom is 0.228 e. The fraction of sp³-hybridized carbons (Fsp3) is 0.235. The lowest BCUT2D eigenvalue weighted by Crippen LogP contribution is -2.43. The van der Waals surface area contributed by atoms with Crippen LogP contribution in [0, 0.1) is 0 Å². The van der Waals surface area contributed by atoms with Crippen molar-refractivity contribution in [2.75, 3.05) is 11.4 Å². The molecule has 0 aromatic heterocycles. The lowest BCUT2D eigenvalue weighted by Gasteiger charge is -2.30. The van der Waals surface area contributed by atoms with Gasteiger partial charge in [0.05, 0.1) is 0 Å². The maximum atomic E-state index is 11.4. The molecule has 1 fully saturated rings. The minimum atomic E-state index is 0.223. The van der Waals surface area contributed by atoms with Crippen LogP contribution in [-0.4, -0.2) is 12.5 Å². The Balaban J connectivity index is 1.87. The van der Waals surface area contributed by atoms with Crippen molar-refractivity contribution in [3.8, 4) is 11.1 Å². The van der Waals surface area contributed by atoms with E-state index in [1.165, 1.54) is 16.7 Å². The molecule has 2 aromatic carbocycles. The molecule has 1 amide bonds. The van der Waals surface area contributed by atoms with Crippen molar-refractivity contribution >= 4 is 11.6 Å². The van der Waals surface area contributed by atoms with Gasteiger partial charge in [0.25, 0.3) is 0 Å². The van der Waals surface area contributed by atoms with E-state index < -0.39 is 0 Å². The third kappa shape index (κ3) is 2.26. The Morgan fingerprint density at radius 1 is 1.05 bits per heavy atom. The highest BCUT2D eigenvalue weighted by atomic mass is 16.2. The molecule has 96 valence electrons. The summed E-state index contributed by atoms with van der Waals surface area (Å²) in [6.07, 6.45) is 1.73. The van der Waals surface area contributed by atoms with Gasteiger partial charge in [-0.3, -0.25) is 4.79 Å². The van der Waals surface area contributed by atoms with Gasteiger partial charge in [0.2, 0.25) is 5.91 Å². The van der Waals surface area contributed by atoms with Crippen molar-refractivity contribution in [2.24, 2.45) is 0 Å². The molecule has 0 saturated carbocycles. The summed E-state index contributed by atoms with van der Waals surface area (Å²) >= 11 is 0. The van der Waals surface area contributed by atoms with Crippen LogP contribution in [0.1, 0.15) is 18.9 Å². The van der Waals surface area contributed by atoms with Gasteiger partial charge in [-0.2, -0.15) is 0 Å². The summed E-state index contributed by atoms with van der Waals surface area (Å²) in [6, 6.07) is 16.9. The zero-order valence-electron chi connectivity index (χ0n) is 11.1. The summed E-state index contributed by atoms with van der Waals surface area (Å²) in [5, 5.41) is 0. The van der Waals surface area contributed by atoms with Crippen LogP contribution in [0.3, 0.4) is 0 Å². The molecule has 1 aliphatic rings. The predicted molar refractivity (Wildman–Crippen MR) is 78.2 cm³/mol. The molecule has 0 spiro atoms. The van der Waals surface area contributed by atoms with Crippen molar-refractivity contribution in [1.29, 1.82) is 0 Å². The van der Waals surface area contributed by atoms with E-state index >= 15 is 0 Å². The molecule has 2 aromatic rings. The van der Waals surface area contributed by atoms with Crippen LogP contribution in [0.4, 0.5) is 5.69 Å². The molecule has 0 unspecified atom stereocenters. The maximum absolute atomic E-state index is 11.4. The Hall–Kier alpha value is -2.09. The first-order valence-corrected chi connectivity index (χ1v) is 6.77. The van der Waals surface area contributed by atoms with E-state index in [1.54, 1.807) is 0 Å². The number of rotatable bonds is 3. The standard InChI is InChI=1S/C17H17NO/c1-2-13-4-3-5-15(12-13)14-6-8-16(9-7-14)18-11-10-17(18)19/h3-9,12H,2,10-11H2,1H3. The average molecular weight is 251 g/mol. The van der Waals surface area contributed by atoms with Gasteiger partial charge in [0.1, 0.15) is 0 Å². The number of amides is 1. The van der Waals surface area contributed by atoms with Gasteiger partial charge in [-0.15, -0.1) is 0 Å². The van der Waals surface area contributed by atoms with E-state index in [0.29, 0.717) is 6.42 Å². The molecule has 0 radical (unpaired) electrons. The second-order valence-electron chi connectivity index (χ2n) is 4.90. The Kier molecular flexibility index (Phi) is 3.08. The zero-order chi connectivity index (χ0) is 13.2. The molecule has 2 heteroatoms. The number of carbonyl (C=O) groups excluding carboxylic acids is 1. The highest BCUT2D eigenvalue weighted by Crippen LogP contribution is 2.26. The third-order valence-electron chi connectivity index (χ3n) is 3.70. The lowest BCUT2D eigenvalue weighted by molar-refractivity contribution is -0.122. The van der Waals surface area contributed by atoms with Crippen LogP contribution in [0.5, 0.6) is 0 Å². The smallest absolute Gasteiger partial charge is 0.228 e. The first-order valence-electron chi connectivity index (χ1n) is 6.77. The minimum Gasteiger partial charge on any atom is -0.312 e. The Bertz CT molecular complexity index is 601. The summed E-state index contributed by atoms with van der Waals surface area (Å²) in [5.74, 6) is 0.223. The first kappa shape index (κ1) is 12.0. The first-order chi connectivity index (χ1) is 9.28. The van der Waals surface area contributed by atoms with Gasteiger partial charge in [0, 0.05) is 18.7 Å². The fourth-order valence-corrected chi connectivity index (χ4v) is 2.39. The molecule has 1 aliphatic heterocycles. The molecule has 1 heterocycles. The van der Waals surface area contributed by atoms with Gasteiger partial charge < -0.3 is 4.90 Å². The Labute approximate surface area is 113 Å². The SMILES string of the molecule is CCc1cccc(-c2ccc(N3CCC3=O)cc2)c1. The van der Waals surface area contributed by atoms with Crippen molar-refractivity contribution < 1.29 is 4.79 Å².